The molecule has 2 saturated heterocycles. The number of amides is 2. The van der Waals surface area contributed by atoms with Crippen molar-refractivity contribution in [3.05, 3.63) is 60.7 Å². The minimum Gasteiger partial charge on any atom is -0.342 e. The molecule has 8 heteroatoms. The summed E-state index contributed by atoms with van der Waals surface area (Å²) in [6.45, 7) is 3.07. The second-order valence-electron chi connectivity index (χ2n) is 9.17. The van der Waals surface area contributed by atoms with Gasteiger partial charge in [-0.3, -0.25) is 14.2 Å². The number of carbonyl (C=O) groups is 2. The molecule has 0 atom stereocenters. The second-order valence-corrected chi connectivity index (χ2v) is 10.1. The first kappa shape index (κ1) is 23.6. The lowest BCUT2D eigenvalue weighted by Crippen LogP contribution is -2.46. The fourth-order valence-electron chi connectivity index (χ4n) is 4.91. The molecule has 35 heavy (non-hydrogen) atoms. The van der Waals surface area contributed by atoms with Crippen molar-refractivity contribution >= 4 is 23.6 Å². The summed E-state index contributed by atoms with van der Waals surface area (Å²) in [4.78, 5) is 29.8. The van der Waals surface area contributed by atoms with Crippen LogP contribution in [0.1, 0.15) is 32.1 Å². The van der Waals surface area contributed by atoms with Gasteiger partial charge in [-0.05, 0) is 44.2 Å². The summed E-state index contributed by atoms with van der Waals surface area (Å²) < 4.78 is 2.01. The van der Waals surface area contributed by atoms with E-state index >= 15 is 0 Å². The second kappa shape index (κ2) is 11.1. The first-order valence-corrected chi connectivity index (χ1v) is 13.4. The van der Waals surface area contributed by atoms with E-state index in [0.29, 0.717) is 24.0 Å². The van der Waals surface area contributed by atoms with Gasteiger partial charge >= 0.3 is 0 Å². The summed E-state index contributed by atoms with van der Waals surface area (Å²) in [6, 6.07) is 20.0. The molecule has 0 bridgehead atoms. The number of rotatable bonds is 6. The Morgan fingerprint density at radius 3 is 2.14 bits per heavy atom. The molecule has 0 radical (unpaired) electrons. The highest BCUT2D eigenvalue weighted by Gasteiger charge is 2.31. The number of aromatic nitrogens is 3. The van der Waals surface area contributed by atoms with Gasteiger partial charge in [0, 0.05) is 43.3 Å². The Kier molecular flexibility index (Phi) is 7.47. The minimum absolute atomic E-state index is 0.0550. The van der Waals surface area contributed by atoms with Gasteiger partial charge in [-0.15, -0.1) is 10.2 Å². The SMILES string of the molecule is O=C(CSc1nnc(-c2ccccc2)n1-c1ccccc1)N1CCC(C(=O)N2CCCCC2)CC1. The molecule has 2 aliphatic rings. The molecule has 7 nitrogen and oxygen atoms in total. The lowest BCUT2D eigenvalue weighted by Gasteiger charge is -2.35. The Hall–Kier alpha value is -3.13. The molecule has 182 valence electrons. The van der Waals surface area contributed by atoms with Crippen LogP contribution in [0.3, 0.4) is 0 Å². The van der Waals surface area contributed by atoms with Crippen molar-refractivity contribution in [1.82, 2.24) is 24.6 Å². The number of thioether (sulfide) groups is 1. The number of piperidine rings is 2. The molecule has 2 amide bonds. The predicted molar refractivity (Wildman–Crippen MR) is 137 cm³/mol. The first-order chi connectivity index (χ1) is 17.2. The molecule has 3 aromatic rings. The van der Waals surface area contributed by atoms with E-state index in [2.05, 4.69) is 10.2 Å². The van der Waals surface area contributed by atoms with Crippen molar-refractivity contribution in [3.8, 4) is 17.1 Å². The molecule has 3 heterocycles. The van der Waals surface area contributed by atoms with E-state index in [-0.39, 0.29) is 17.7 Å². The van der Waals surface area contributed by atoms with Crippen LogP contribution in [0, 0.1) is 5.92 Å². The number of likely N-dealkylation sites (tertiary alicyclic amines) is 2. The number of carbonyl (C=O) groups excluding carboxylic acids is 2. The van der Waals surface area contributed by atoms with Crippen LogP contribution >= 0.6 is 11.8 Å². The number of hydrogen-bond acceptors (Lipinski definition) is 5. The van der Waals surface area contributed by atoms with Crippen molar-refractivity contribution in [3.63, 3.8) is 0 Å². The van der Waals surface area contributed by atoms with E-state index < -0.39 is 0 Å². The molecule has 2 fully saturated rings. The lowest BCUT2D eigenvalue weighted by molar-refractivity contribution is -0.140. The van der Waals surface area contributed by atoms with Crippen LogP contribution in [-0.2, 0) is 9.59 Å². The molecule has 1 aromatic heterocycles. The van der Waals surface area contributed by atoms with Crippen LogP contribution < -0.4 is 0 Å². The molecule has 5 rings (SSSR count). The molecule has 0 aliphatic carbocycles. The summed E-state index contributed by atoms with van der Waals surface area (Å²) >= 11 is 1.41. The topological polar surface area (TPSA) is 71.3 Å². The van der Waals surface area contributed by atoms with Crippen LogP contribution in [0.15, 0.2) is 65.8 Å². The number of benzene rings is 2. The average molecular weight is 490 g/mol. The molecular weight excluding hydrogens is 458 g/mol. The zero-order chi connectivity index (χ0) is 24.0. The molecule has 0 N–H and O–H groups in total. The molecule has 0 saturated carbocycles. The van der Waals surface area contributed by atoms with E-state index in [1.54, 1.807) is 0 Å². The summed E-state index contributed by atoms with van der Waals surface area (Å²) in [5.41, 5.74) is 1.94. The smallest absolute Gasteiger partial charge is 0.233 e. The maximum atomic E-state index is 13.0. The molecule has 0 unspecified atom stereocenters. The monoisotopic (exact) mass is 489 g/mol. The van der Waals surface area contributed by atoms with Gasteiger partial charge in [0.1, 0.15) is 0 Å². The molecular formula is C27H31N5O2S. The molecule has 2 aliphatic heterocycles. The Balaban J connectivity index is 1.23. The highest BCUT2D eigenvalue weighted by molar-refractivity contribution is 7.99. The van der Waals surface area contributed by atoms with Crippen LogP contribution in [0.4, 0.5) is 0 Å². The van der Waals surface area contributed by atoms with Gasteiger partial charge in [-0.1, -0.05) is 60.3 Å². The van der Waals surface area contributed by atoms with Gasteiger partial charge in [0.15, 0.2) is 11.0 Å². The average Bonchev–Trinajstić information content (AvgIpc) is 3.37. The van der Waals surface area contributed by atoms with Crippen molar-refractivity contribution in [2.75, 3.05) is 31.9 Å². The highest BCUT2D eigenvalue weighted by Crippen LogP contribution is 2.29. The Labute approximate surface area is 210 Å². The van der Waals surface area contributed by atoms with Crippen molar-refractivity contribution in [2.24, 2.45) is 5.92 Å². The third-order valence-corrected chi connectivity index (χ3v) is 7.78. The summed E-state index contributed by atoms with van der Waals surface area (Å²) in [6.07, 6.45) is 4.95. The van der Waals surface area contributed by atoms with Crippen molar-refractivity contribution in [1.29, 1.82) is 0 Å². The van der Waals surface area contributed by atoms with Gasteiger partial charge in [-0.25, -0.2) is 0 Å². The van der Waals surface area contributed by atoms with E-state index in [1.165, 1.54) is 18.2 Å². The van der Waals surface area contributed by atoms with Gasteiger partial charge < -0.3 is 9.80 Å². The standard InChI is InChI=1S/C27H31N5O2S/c33-24(30-18-14-22(15-19-30)26(34)31-16-8-3-9-17-31)20-35-27-29-28-25(21-10-4-1-5-11-21)32(27)23-12-6-2-7-13-23/h1-2,4-7,10-13,22H,3,8-9,14-20H2. The van der Waals surface area contributed by atoms with Gasteiger partial charge in [-0.2, -0.15) is 0 Å². The summed E-state index contributed by atoms with van der Waals surface area (Å²) in [7, 11) is 0. The summed E-state index contributed by atoms with van der Waals surface area (Å²) in [5, 5.41) is 9.57. The van der Waals surface area contributed by atoms with Crippen LogP contribution in [0.2, 0.25) is 0 Å². The zero-order valence-corrected chi connectivity index (χ0v) is 20.7. The van der Waals surface area contributed by atoms with E-state index in [0.717, 1.165) is 55.8 Å². The van der Waals surface area contributed by atoms with Gasteiger partial charge in [0.05, 0.1) is 5.75 Å². The summed E-state index contributed by atoms with van der Waals surface area (Å²) in [5.74, 6) is 1.48. The normalized spacial score (nSPS) is 16.9. The number of hydrogen-bond donors (Lipinski definition) is 0. The maximum Gasteiger partial charge on any atom is 0.233 e. The Bertz CT molecular complexity index is 1140. The predicted octanol–water partition coefficient (Wildman–Crippen LogP) is 4.28. The number of nitrogens with zero attached hydrogens (tertiary/aromatic N) is 5. The largest absolute Gasteiger partial charge is 0.342 e. The minimum atomic E-state index is 0.0550. The molecule has 2 aromatic carbocycles. The van der Waals surface area contributed by atoms with Gasteiger partial charge in [0.2, 0.25) is 11.8 Å². The quantitative estimate of drug-likeness (QED) is 0.484. The van der Waals surface area contributed by atoms with Crippen LogP contribution in [-0.4, -0.2) is 68.3 Å². The van der Waals surface area contributed by atoms with Gasteiger partial charge in [0.25, 0.3) is 0 Å². The van der Waals surface area contributed by atoms with E-state index in [1.807, 2.05) is 75.0 Å². The fraction of sp³-hybridized carbons (Fsp3) is 0.407. The zero-order valence-electron chi connectivity index (χ0n) is 19.9. The fourth-order valence-corrected chi connectivity index (χ4v) is 5.77. The van der Waals surface area contributed by atoms with Crippen molar-refractivity contribution < 1.29 is 9.59 Å². The van der Waals surface area contributed by atoms with Crippen molar-refractivity contribution in [2.45, 2.75) is 37.3 Å². The third kappa shape index (κ3) is 5.42. The Morgan fingerprint density at radius 1 is 0.800 bits per heavy atom. The van der Waals surface area contributed by atoms with Crippen LogP contribution in [0.25, 0.3) is 17.1 Å². The first-order valence-electron chi connectivity index (χ1n) is 12.5. The van der Waals surface area contributed by atoms with E-state index in [9.17, 15) is 9.59 Å². The lowest BCUT2D eigenvalue weighted by atomic mass is 9.94. The highest BCUT2D eigenvalue weighted by atomic mass is 32.2. The van der Waals surface area contributed by atoms with Crippen LogP contribution in [0.5, 0.6) is 0 Å². The van der Waals surface area contributed by atoms with E-state index in [4.69, 9.17) is 0 Å². The maximum absolute atomic E-state index is 13.0. The third-order valence-electron chi connectivity index (χ3n) is 6.87. The molecule has 0 spiro atoms. The number of para-hydroxylation sites is 1. The Morgan fingerprint density at radius 2 is 1.46 bits per heavy atom.